The largest absolute Gasteiger partial charge is 0.400 e. The van der Waals surface area contributed by atoms with Crippen LogP contribution in [0.1, 0.15) is 34.1 Å². The molecule has 13 heavy (non-hydrogen) atoms. The lowest BCUT2D eigenvalue weighted by Gasteiger charge is -2.23. The second-order valence-corrected chi connectivity index (χ2v) is 3.99. The van der Waals surface area contributed by atoms with Gasteiger partial charge in [0, 0.05) is 20.3 Å². The molecule has 0 spiro atoms. The first kappa shape index (κ1) is 15.4. The lowest BCUT2D eigenvalue weighted by molar-refractivity contribution is -0.0150. The summed E-state index contributed by atoms with van der Waals surface area (Å²) in [6.45, 7) is 9.84. The summed E-state index contributed by atoms with van der Waals surface area (Å²) < 4.78 is 5.56. The molecule has 0 rings (SSSR count). The van der Waals surface area contributed by atoms with E-state index in [9.17, 15) is 0 Å². The Morgan fingerprint density at radius 3 is 2.08 bits per heavy atom. The van der Waals surface area contributed by atoms with Gasteiger partial charge >= 0.3 is 0 Å². The van der Waals surface area contributed by atoms with Crippen LogP contribution >= 0.6 is 0 Å². The normalized spacial score (nSPS) is 11.1. The van der Waals surface area contributed by atoms with Crippen LogP contribution in [0, 0.1) is 5.92 Å². The van der Waals surface area contributed by atoms with Gasteiger partial charge in [-0.15, -0.1) is 0 Å². The van der Waals surface area contributed by atoms with Crippen molar-refractivity contribution in [1.82, 2.24) is 0 Å². The average molecular weight is 191 g/mol. The predicted octanol–water partition coefficient (Wildman–Crippen LogP) is 1.39. The van der Waals surface area contributed by atoms with Crippen molar-refractivity contribution < 1.29 is 9.84 Å². The number of nitrogens with two attached hydrogens (primary N) is 1. The second-order valence-electron chi connectivity index (χ2n) is 3.99. The molecule has 0 saturated carbocycles. The van der Waals surface area contributed by atoms with Crippen molar-refractivity contribution in [3.8, 4) is 0 Å². The van der Waals surface area contributed by atoms with Crippen molar-refractivity contribution >= 4 is 0 Å². The number of aliphatic hydroxyl groups is 1. The van der Waals surface area contributed by atoms with Gasteiger partial charge in [-0.05, 0) is 26.2 Å². The van der Waals surface area contributed by atoms with Gasteiger partial charge in [0.2, 0.25) is 0 Å². The van der Waals surface area contributed by atoms with Crippen molar-refractivity contribution in [3.05, 3.63) is 0 Å². The van der Waals surface area contributed by atoms with Crippen LogP contribution in [0.5, 0.6) is 0 Å². The Labute approximate surface area is 82.3 Å². The lowest BCUT2D eigenvalue weighted by Crippen LogP contribution is -2.34. The quantitative estimate of drug-likeness (QED) is 0.690. The van der Waals surface area contributed by atoms with Gasteiger partial charge in [-0.25, -0.2) is 0 Å². The van der Waals surface area contributed by atoms with Crippen LogP contribution < -0.4 is 5.73 Å². The van der Waals surface area contributed by atoms with E-state index in [-0.39, 0.29) is 5.60 Å². The summed E-state index contributed by atoms with van der Waals surface area (Å²) in [5.41, 5.74) is 5.35. The van der Waals surface area contributed by atoms with Gasteiger partial charge in [-0.3, -0.25) is 0 Å². The van der Waals surface area contributed by atoms with Crippen molar-refractivity contribution in [3.63, 3.8) is 0 Å². The van der Waals surface area contributed by atoms with Crippen LogP contribution in [0.4, 0.5) is 0 Å². The highest BCUT2D eigenvalue weighted by molar-refractivity contribution is 4.68. The van der Waals surface area contributed by atoms with E-state index in [1.165, 1.54) is 0 Å². The molecule has 0 aromatic carbocycles. The SMILES string of the molecule is CC(C)CCOC(C)(C)CN.CO. The van der Waals surface area contributed by atoms with Gasteiger partial charge in [-0.1, -0.05) is 13.8 Å². The Balaban J connectivity index is 0. The van der Waals surface area contributed by atoms with Gasteiger partial charge in [0.1, 0.15) is 0 Å². The van der Waals surface area contributed by atoms with E-state index in [1.807, 2.05) is 13.8 Å². The van der Waals surface area contributed by atoms with Crippen molar-refractivity contribution in [2.45, 2.75) is 39.7 Å². The standard InChI is InChI=1S/C9H21NO.CH4O/c1-8(2)5-6-11-9(3,4)7-10;1-2/h8H,5-7,10H2,1-4H3;2H,1H3. The van der Waals surface area contributed by atoms with E-state index in [0.29, 0.717) is 12.5 Å². The first-order chi connectivity index (χ1) is 5.98. The molecule has 0 radical (unpaired) electrons. The fourth-order valence-electron chi connectivity index (χ4n) is 0.630. The molecule has 0 unspecified atom stereocenters. The zero-order valence-corrected chi connectivity index (χ0v) is 9.63. The zero-order chi connectivity index (χ0) is 10.9. The first-order valence-electron chi connectivity index (χ1n) is 4.76. The summed E-state index contributed by atoms with van der Waals surface area (Å²) in [6.07, 6.45) is 1.11. The van der Waals surface area contributed by atoms with Crippen LogP contribution in [0.25, 0.3) is 0 Å². The maximum atomic E-state index is 7.00. The van der Waals surface area contributed by atoms with Crippen LogP contribution in [0.15, 0.2) is 0 Å². The number of hydrogen-bond donors (Lipinski definition) is 2. The highest BCUT2D eigenvalue weighted by Crippen LogP contribution is 2.08. The van der Waals surface area contributed by atoms with Crippen LogP contribution in [0.3, 0.4) is 0 Å². The van der Waals surface area contributed by atoms with Gasteiger partial charge < -0.3 is 15.6 Å². The molecule has 82 valence electrons. The van der Waals surface area contributed by atoms with Crippen molar-refractivity contribution in [2.24, 2.45) is 11.7 Å². The van der Waals surface area contributed by atoms with E-state index in [4.69, 9.17) is 15.6 Å². The third-order valence-electron chi connectivity index (χ3n) is 1.68. The molecular formula is C10H25NO2. The van der Waals surface area contributed by atoms with E-state index in [2.05, 4.69) is 13.8 Å². The molecule has 0 aromatic rings. The summed E-state index contributed by atoms with van der Waals surface area (Å²) in [6, 6.07) is 0. The smallest absolute Gasteiger partial charge is 0.0748 e. The summed E-state index contributed by atoms with van der Waals surface area (Å²) in [5, 5.41) is 7.00. The maximum absolute atomic E-state index is 7.00. The fraction of sp³-hybridized carbons (Fsp3) is 1.00. The number of hydrogen-bond acceptors (Lipinski definition) is 3. The molecule has 0 atom stereocenters. The molecule has 0 aliphatic carbocycles. The molecule has 0 fully saturated rings. The molecule has 0 aromatic heterocycles. The summed E-state index contributed by atoms with van der Waals surface area (Å²) >= 11 is 0. The third kappa shape index (κ3) is 11.9. The molecule has 0 aliphatic heterocycles. The monoisotopic (exact) mass is 191 g/mol. The van der Waals surface area contributed by atoms with E-state index < -0.39 is 0 Å². The maximum Gasteiger partial charge on any atom is 0.0748 e. The highest BCUT2D eigenvalue weighted by Gasteiger charge is 2.14. The third-order valence-corrected chi connectivity index (χ3v) is 1.68. The van der Waals surface area contributed by atoms with Crippen LogP contribution in [-0.4, -0.2) is 31.0 Å². The van der Waals surface area contributed by atoms with Crippen molar-refractivity contribution in [2.75, 3.05) is 20.3 Å². The molecule has 3 heteroatoms. The number of ether oxygens (including phenoxy) is 1. The minimum atomic E-state index is -0.144. The Morgan fingerprint density at radius 1 is 1.31 bits per heavy atom. The molecule has 0 amide bonds. The Kier molecular flexibility index (Phi) is 10.0. The number of aliphatic hydroxyl groups excluding tert-OH is 1. The first-order valence-corrected chi connectivity index (χ1v) is 4.76. The summed E-state index contributed by atoms with van der Waals surface area (Å²) in [4.78, 5) is 0. The van der Waals surface area contributed by atoms with E-state index in [1.54, 1.807) is 0 Å². The second kappa shape index (κ2) is 8.48. The topological polar surface area (TPSA) is 55.5 Å². The number of rotatable bonds is 5. The molecule has 0 heterocycles. The van der Waals surface area contributed by atoms with Crippen LogP contribution in [-0.2, 0) is 4.74 Å². The highest BCUT2D eigenvalue weighted by atomic mass is 16.5. The fourth-order valence-corrected chi connectivity index (χ4v) is 0.630. The average Bonchev–Trinajstić information content (AvgIpc) is 2.07. The Morgan fingerprint density at radius 2 is 1.77 bits per heavy atom. The molecular weight excluding hydrogens is 166 g/mol. The Bertz CT molecular complexity index is 103. The van der Waals surface area contributed by atoms with Gasteiger partial charge in [0.05, 0.1) is 5.60 Å². The zero-order valence-electron chi connectivity index (χ0n) is 9.63. The minimum absolute atomic E-state index is 0.144. The minimum Gasteiger partial charge on any atom is -0.400 e. The van der Waals surface area contributed by atoms with Crippen molar-refractivity contribution in [1.29, 1.82) is 0 Å². The molecule has 3 N–H and O–H groups in total. The summed E-state index contributed by atoms with van der Waals surface area (Å²) in [7, 11) is 1.00. The van der Waals surface area contributed by atoms with E-state index in [0.717, 1.165) is 20.1 Å². The Hall–Kier alpha value is -0.120. The van der Waals surface area contributed by atoms with Gasteiger partial charge in [0.25, 0.3) is 0 Å². The summed E-state index contributed by atoms with van der Waals surface area (Å²) in [5.74, 6) is 0.712. The lowest BCUT2D eigenvalue weighted by atomic mass is 10.1. The molecule has 0 bridgehead atoms. The molecule has 3 nitrogen and oxygen atoms in total. The molecule has 0 aliphatic rings. The van der Waals surface area contributed by atoms with E-state index >= 15 is 0 Å². The van der Waals surface area contributed by atoms with Gasteiger partial charge in [-0.2, -0.15) is 0 Å². The molecule has 0 saturated heterocycles. The van der Waals surface area contributed by atoms with Crippen LogP contribution in [0.2, 0.25) is 0 Å². The predicted molar refractivity (Wildman–Crippen MR) is 56.7 cm³/mol. The van der Waals surface area contributed by atoms with Gasteiger partial charge in [0.15, 0.2) is 0 Å².